The largest absolute Gasteiger partial charge is 0.356 e. The molecule has 0 saturated carbocycles. The average molecular weight is 324 g/mol. The van der Waals surface area contributed by atoms with Gasteiger partial charge in [-0.25, -0.2) is 13.4 Å². The molecule has 3 heterocycles. The van der Waals surface area contributed by atoms with Gasteiger partial charge >= 0.3 is 0 Å². The molecule has 2 unspecified atom stereocenters. The highest BCUT2D eigenvalue weighted by molar-refractivity contribution is 7.90. The molecule has 2 saturated heterocycles. The van der Waals surface area contributed by atoms with Crippen LogP contribution in [0.2, 0.25) is 0 Å². The van der Waals surface area contributed by atoms with Crippen LogP contribution in [0.15, 0.2) is 23.2 Å². The number of nitrogens with one attached hydrogen (secondary N) is 1. The lowest BCUT2D eigenvalue weighted by Gasteiger charge is -2.31. The summed E-state index contributed by atoms with van der Waals surface area (Å²) in [6.45, 7) is 5.09. The molecular weight excluding hydrogens is 300 g/mol. The molecule has 0 aliphatic carbocycles. The second kappa shape index (κ2) is 5.47. The Morgan fingerprint density at radius 1 is 1.45 bits per heavy atom. The fourth-order valence-corrected chi connectivity index (χ4v) is 4.39. The van der Waals surface area contributed by atoms with Gasteiger partial charge in [0.1, 0.15) is 5.82 Å². The second-order valence-electron chi connectivity index (χ2n) is 6.93. The van der Waals surface area contributed by atoms with Crippen LogP contribution in [0.4, 0.5) is 5.82 Å². The lowest BCUT2D eigenvalue weighted by atomic mass is 9.80. The van der Waals surface area contributed by atoms with Gasteiger partial charge in [-0.3, -0.25) is 0 Å². The van der Waals surface area contributed by atoms with E-state index in [0.717, 1.165) is 38.5 Å². The lowest BCUT2D eigenvalue weighted by Crippen LogP contribution is -2.41. The summed E-state index contributed by atoms with van der Waals surface area (Å²) in [5.74, 6) is 1.49. The normalized spacial score (nSPS) is 28.4. The molecule has 0 radical (unpaired) electrons. The predicted octanol–water partition coefficient (Wildman–Crippen LogP) is 0.0725. The van der Waals surface area contributed by atoms with Crippen LogP contribution in [0, 0.1) is 11.3 Å². The minimum absolute atomic E-state index is 0.265. The Balaban J connectivity index is 1.80. The predicted molar refractivity (Wildman–Crippen MR) is 86.9 cm³/mol. The van der Waals surface area contributed by atoms with Crippen LogP contribution in [0.25, 0.3) is 0 Å². The van der Waals surface area contributed by atoms with E-state index in [2.05, 4.69) is 34.2 Å². The van der Waals surface area contributed by atoms with Gasteiger partial charge in [-0.1, -0.05) is 0 Å². The summed E-state index contributed by atoms with van der Waals surface area (Å²) < 4.78 is 23.1. The molecule has 1 N–H and O–H groups in total. The zero-order chi connectivity index (χ0) is 16.0. The Kier molecular flexibility index (Phi) is 3.91. The molecule has 122 valence electrons. The van der Waals surface area contributed by atoms with Crippen LogP contribution in [0.3, 0.4) is 0 Å². The maximum atomic E-state index is 11.5. The number of sulfone groups is 1. The van der Waals surface area contributed by atoms with E-state index in [9.17, 15) is 8.42 Å². The third-order valence-corrected chi connectivity index (χ3v) is 5.88. The van der Waals surface area contributed by atoms with E-state index in [0.29, 0.717) is 5.92 Å². The molecular formula is C15H24N4O2S. The number of pyridine rings is 1. The van der Waals surface area contributed by atoms with Crippen LogP contribution in [-0.2, 0) is 9.84 Å². The van der Waals surface area contributed by atoms with Crippen LogP contribution in [0.1, 0.15) is 0 Å². The first-order valence-electron chi connectivity index (χ1n) is 7.57. The number of nitrogens with zero attached hydrogens (tertiary/aromatic N) is 3. The first-order chi connectivity index (χ1) is 10.3. The summed E-state index contributed by atoms with van der Waals surface area (Å²) in [6.07, 6.45) is 2.68. The summed E-state index contributed by atoms with van der Waals surface area (Å²) in [4.78, 5) is 9.20. The molecule has 22 heavy (non-hydrogen) atoms. The van der Waals surface area contributed by atoms with Crippen molar-refractivity contribution in [3.8, 4) is 0 Å². The van der Waals surface area contributed by atoms with Gasteiger partial charge in [-0.2, -0.15) is 0 Å². The molecule has 3 rings (SSSR count). The number of aromatic nitrogens is 1. The van der Waals surface area contributed by atoms with E-state index in [1.54, 1.807) is 6.07 Å². The number of hydrogen-bond acceptors (Lipinski definition) is 6. The fourth-order valence-electron chi connectivity index (χ4n) is 3.83. The monoisotopic (exact) mass is 324 g/mol. The maximum absolute atomic E-state index is 11.5. The van der Waals surface area contributed by atoms with Crippen LogP contribution in [0.5, 0.6) is 0 Å². The Morgan fingerprint density at radius 3 is 2.82 bits per heavy atom. The van der Waals surface area contributed by atoms with E-state index in [1.807, 2.05) is 6.07 Å². The molecule has 2 aliphatic heterocycles. The topological polar surface area (TPSA) is 65.5 Å². The minimum Gasteiger partial charge on any atom is -0.356 e. The Labute approximate surface area is 132 Å². The zero-order valence-corrected chi connectivity index (χ0v) is 14.2. The molecule has 0 bridgehead atoms. The summed E-state index contributed by atoms with van der Waals surface area (Å²) in [5.41, 5.74) is 0.265. The number of anilines is 1. The Bertz CT molecular complexity index is 644. The SMILES string of the molecule is CN(C)CC12CNCC1CN(c1ccc(S(C)(=O)=O)cn1)C2. The van der Waals surface area contributed by atoms with E-state index in [-0.39, 0.29) is 10.3 Å². The van der Waals surface area contributed by atoms with Crippen LogP contribution < -0.4 is 10.2 Å². The molecule has 7 heteroatoms. The van der Waals surface area contributed by atoms with Gasteiger partial charge < -0.3 is 15.1 Å². The van der Waals surface area contributed by atoms with Crippen LogP contribution >= 0.6 is 0 Å². The molecule has 1 aromatic rings. The highest BCUT2D eigenvalue weighted by Gasteiger charge is 2.50. The van der Waals surface area contributed by atoms with Crippen molar-refractivity contribution in [3.05, 3.63) is 18.3 Å². The first-order valence-corrected chi connectivity index (χ1v) is 9.46. The van der Waals surface area contributed by atoms with Gasteiger partial charge in [0.15, 0.2) is 9.84 Å². The Hall–Kier alpha value is -1.18. The molecule has 0 amide bonds. The second-order valence-corrected chi connectivity index (χ2v) is 8.95. The molecule has 0 aromatic carbocycles. The summed E-state index contributed by atoms with van der Waals surface area (Å²) in [5, 5.41) is 3.52. The van der Waals surface area contributed by atoms with E-state index >= 15 is 0 Å². The number of rotatable bonds is 4. The third-order valence-electron chi connectivity index (χ3n) is 4.78. The summed E-state index contributed by atoms with van der Waals surface area (Å²) in [6, 6.07) is 3.48. The van der Waals surface area contributed by atoms with Crippen molar-refractivity contribution in [2.75, 3.05) is 58.0 Å². The molecule has 0 spiro atoms. The third kappa shape index (κ3) is 2.85. The molecule has 2 aliphatic rings. The van der Waals surface area contributed by atoms with E-state index < -0.39 is 9.84 Å². The van der Waals surface area contributed by atoms with Crippen molar-refractivity contribution in [1.29, 1.82) is 0 Å². The van der Waals surface area contributed by atoms with Gasteiger partial charge in [0.05, 0.1) is 4.90 Å². The summed E-state index contributed by atoms with van der Waals surface area (Å²) in [7, 11) is 1.05. The summed E-state index contributed by atoms with van der Waals surface area (Å²) >= 11 is 0. The smallest absolute Gasteiger partial charge is 0.177 e. The zero-order valence-electron chi connectivity index (χ0n) is 13.4. The average Bonchev–Trinajstić information content (AvgIpc) is 2.93. The number of fused-ring (bicyclic) bond motifs is 1. The molecule has 1 aromatic heterocycles. The highest BCUT2D eigenvalue weighted by Crippen LogP contribution is 2.40. The highest BCUT2D eigenvalue weighted by atomic mass is 32.2. The van der Waals surface area contributed by atoms with E-state index in [4.69, 9.17) is 0 Å². The maximum Gasteiger partial charge on any atom is 0.177 e. The Morgan fingerprint density at radius 2 is 2.23 bits per heavy atom. The van der Waals surface area contributed by atoms with Gasteiger partial charge in [-0.05, 0) is 32.1 Å². The van der Waals surface area contributed by atoms with Crippen molar-refractivity contribution in [3.63, 3.8) is 0 Å². The van der Waals surface area contributed by atoms with Gasteiger partial charge in [0, 0.05) is 50.6 Å². The molecule has 2 atom stereocenters. The fraction of sp³-hybridized carbons (Fsp3) is 0.667. The lowest BCUT2D eigenvalue weighted by molar-refractivity contribution is 0.205. The quantitative estimate of drug-likeness (QED) is 0.846. The van der Waals surface area contributed by atoms with Gasteiger partial charge in [-0.15, -0.1) is 0 Å². The van der Waals surface area contributed by atoms with Gasteiger partial charge in [0.25, 0.3) is 0 Å². The first kappa shape index (κ1) is 15.7. The van der Waals surface area contributed by atoms with Gasteiger partial charge in [0.2, 0.25) is 0 Å². The van der Waals surface area contributed by atoms with Crippen molar-refractivity contribution in [2.24, 2.45) is 11.3 Å². The van der Waals surface area contributed by atoms with Crippen molar-refractivity contribution < 1.29 is 8.42 Å². The van der Waals surface area contributed by atoms with Crippen molar-refractivity contribution in [2.45, 2.75) is 4.90 Å². The minimum atomic E-state index is -3.18. The van der Waals surface area contributed by atoms with E-state index in [1.165, 1.54) is 12.5 Å². The van der Waals surface area contributed by atoms with Crippen LogP contribution in [-0.4, -0.2) is 71.4 Å². The molecule has 2 fully saturated rings. The molecule has 6 nitrogen and oxygen atoms in total. The van der Waals surface area contributed by atoms with Crippen molar-refractivity contribution in [1.82, 2.24) is 15.2 Å². The van der Waals surface area contributed by atoms with Crippen molar-refractivity contribution >= 4 is 15.7 Å². The standard InChI is InChI=1S/C15H24N4O2S/c1-18(2)10-15-9-16-6-12(15)8-19(11-15)14-5-4-13(7-17-14)22(3,20)21/h4-5,7,12,16H,6,8-11H2,1-3H3. The number of hydrogen-bond donors (Lipinski definition) is 1.